The van der Waals surface area contributed by atoms with E-state index < -0.39 is 10.8 Å². The number of carbonyl (C=O) groups is 1. The first kappa shape index (κ1) is 17.0. The van der Waals surface area contributed by atoms with Gasteiger partial charge in [0.2, 0.25) is 0 Å². The lowest BCUT2D eigenvalue weighted by Gasteiger charge is -2.04. The van der Waals surface area contributed by atoms with Crippen molar-refractivity contribution in [1.29, 1.82) is 0 Å². The Labute approximate surface area is 152 Å². The van der Waals surface area contributed by atoms with E-state index in [4.69, 9.17) is 27.6 Å². The molecule has 0 saturated carbocycles. The lowest BCUT2D eigenvalue weighted by molar-refractivity contribution is -0.384. The van der Waals surface area contributed by atoms with Gasteiger partial charge in [0, 0.05) is 33.4 Å². The molecule has 0 aliphatic heterocycles. The smallest absolute Gasteiger partial charge is 0.291 e. The maximum atomic E-state index is 12.2. The van der Waals surface area contributed by atoms with Gasteiger partial charge >= 0.3 is 0 Å². The Kier molecular flexibility index (Phi) is 4.74. The molecule has 1 amide bonds. The molecule has 0 atom stereocenters. The van der Waals surface area contributed by atoms with E-state index in [2.05, 4.69) is 5.32 Å². The van der Waals surface area contributed by atoms with E-state index in [-0.39, 0.29) is 11.4 Å². The summed E-state index contributed by atoms with van der Waals surface area (Å²) in [6.07, 6.45) is 0. The second kappa shape index (κ2) is 6.96. The molecule has 0 bridgehead atoms. The van der Waals surface area contributed by atoms with Crippen LogP contribution in [0.3, 0.4) is 0 Å². The van der Waals surface area contributed by atoms with Crippen LogP contribution in [0.2, 0.25) is 10.0 Å². The van der Waals surface area contributed by atoms with Crippen LogP contribution in [0, 0.1) is 10.1 Å². The number of anilines is 1. The molecule has 0 radical (unpaired) electrons. The van der Waals surface area contributed by atoms with Crippen LogP contribution in [0.4, 0.5) is 11.4 Å². The first-order valence-corrected chi connectivity index (χ1v) is 7.80. The number of nitro groups is 1. The Morgan fingerprint density at radius 2 is 1.64 bits per heavy atom. The fourth-order valence-corrected chi connectivity index (χ4v) is 2.71. The molecule has 0 aliphatic carbocycles. The fraction of sp³-hybridized carbons (Fsp3) is 0. The second-order valence-corrected chi connectivity index (χ2v) is 5.95. The van der Waals surface area contributed by atoms with E-state index in [1.165, 1.54) is 18.2 Å². The van der Waals surface area contributed by atoms with Gasteiger partial charge in [-0.25, -0.2) is 0 Å². The molecule has 0 unspecified atom stereocenters. The second-order valence-electron chi connectivity index (χ2n) is 5.08. The molecule has 3 rings (SSSR count). The summed E-state index contributed by atoms with van der Waals surface area (Å²) in [4.78, 5) is 22.4. The van der Waals surface area contributed by atoms with Crippen LogP contribution in [0.5, 0.6) is 0 Å². The van der Waals surface area contributed by atoms with E-state index in [0.717, 1.165) is 0 Å². The Hall–Kier alpha value is -2.83. The number of rotatable bonds is 4. The lowest BCUT2D eigenvalue weighted by Crippen LogP contribution is -2.10. The van der Waals surface area contributed by atoms with Crippen LogP contribution < -0.4 is 5.32 Å². The van der Waals surface area contributed by atoms with E-state index in [1.807, 2.05) is 0 Å². The van der Waals surface area contributed by atoms with Gasteiger partial charge in [-0.15, -0.1) is 0 Å². The van der Waals surface area contributed by atoms with E-state index >= 15 is 0 Å². The zero-order valence-electron chi connectivity index (χ0n) is 12.5. The summed E-state index contributed by atoms with van der Waals surface area (Å²) >= 11 is 11.8. The Morgan fingerprint density at radius 1 is 1.00 bits per heavy atom. The van der Waals surface area contributed by atoms with Gasteiger partial charge in [0.05, 0.1) is 4.92 Å². The predicted molar refractivity (Wildman–Crippen MR) is 95.2 cm³/mol. The summed E-state index contributed by atoms with van der Waals surface area (Å²) in [5, 5.41) is 14.1. The minimum Gasteiger partial charge on any atom is -0.451 e. The van der Waals surface area contributed by atoms with Crippen molar-refractivity contribution in [1.82, 2.24) is 0 Å². The molecule has 126 valence electrons. The number of hydrogen-bond donors (Lipinski definition) is 1. The van der Waals surface area contributed by atoms with Gasteiger partial charge in [-0.2, -0.15) is 0 Å². The summed E-state index contributed by atoms with van der Waals surface area (Å²) in [5.41, 5.74) is 1.04. The molecule has 1 aromatic heterocycles. The van der Waals surface area contributed by atoms with Gasteiger partial charge in [0.25, 0.3) is 11.6 Å². The van der Waals surface area contributed by atoms with E-state index in [0.29, 0.717) is 27.1 Å². The maximum absolute atomic E-state index is 12.2. The zero-order chi connectivity index (χ0) is 18.0. The van der Waals surface area contributed by atoms with Crippen molar-refractivity contribution in [2.45, 2.75) is 0 Å². The third kappa shape index (κ3) is 3.99. The molecule has 0 saturated heterocycles. The average Bonchev–Trinajstić information content (AvgIpc) is 3.04. The highest BCUT2D eigenvalue weighted by atomic mass is 35.5. The minimum atomic E-state index is -0.485. The highest BCUT2D eigenvalue weighted by Gasteiger charge is 2.14. The van der Waals surface area contributed by atoms with Crippen LogP contribution in [0.25, 0.3) is 11.3 Å². The number of furan rings is 1. The summed E-state index contributed by atoms with van der Waals surface area (Å²) in [6.45, 7) is 0. The van der Waals surface area contributed by atoms with Gasteiger partial charge in [-0.3, -0.25) is 14.9 Å². The molecule has 25 heavy (non-hydrogen) atoms. The number of nitrogens with zero attached hydrogens (tertiary/aromatic N) is 1. The lowest BCUT2D eigenvalue weighted by atomic mass is 10.1. The molecular formula is C17H10Cl2N2O4. The number of non-ortho nitro benzene ring substituents is 1. The van der Waals surface area contributed by atoms with Crippen LogP contribution in [0.1, 0.15) is 10.6 Å². The van der Waals surface area contributed by atoms with Crippen molar-refractivity contribution in [3.63, 3.8) is 0 Å². The van der Waals surface area contributed by atoms with Crippen LogP contribution in [-0.4, -0.2) is 10.8 Å². The molecule has 3 aromatic rings. The summed E-state index contributed by atoms with van der Waals surface area (Å²) in [5.74, 6) is 0.0418. The first-order chi connectivity index (χ1) is 11.9. The van der Waals surface area contributed by atoms with Crippen LogP contribution in [0.15, 0.2) is 59.0 Å². The number of carbonyl (C=O) groups excluding carboxylic acids is 1. The topological polar surface area (TPSA) is 85.4 Å². The third-order valence-corrected chi connectivity index (χ3v) is 3.75. The zero-order valence-corrected chi connectivity index (χ0v) is 14.0. The van der Waals surface area contributed by atoms with Gasteiger partial charge in [-0.1, -0.05) is 23.2 Å². The van der Waals surface area contributed by atoms with Crippen molar-refractivity contribution in [3.05, 3.63) is 80.5 Å². The monoisotopic (exact) mass is 376 g/mol. The van der Waals surface area contributed by atoms with Crippen LogP contribution >= 0.6 is 23.2 Å². The van der Waals surface area contributed by atoms with Gasteiger partial charge in [0.1, 0.15) is 5.76 Å². The predicted octanol–water partition coefficient (Wildman–Crippen LogP) is 5.41. The molecule has 0 aliphatic rings. The van der Waals surface area contributed by atoms with Crippen molar-refractivity contribution in [3.8, 4) is 11.3 Å². The number of nitro benzene ring substituents is 1. The van der Waals surface area contributed by atoms with Crippen LogP contribution in [-0.2, 0) is 0 Å². The highest BCUT2D eigenvalue weighted by Crippen LogP contribution is 2.26. The van der Waals surface area contributed by atoms with Gasteiger partial charge in [-0.05, 0) is 42.5 Å². The van der Waals surface area contributed by atoms with E-state index in [1.54, 1.807) is 36.4 Å². The van der Waals surface area contributed by atoms with E-state index in [9.17, 15) is 14.9 Å². The molecule has 1 N–H and O–H groups in total. The summed E-state index contributed by atoms with van der Waals surface area (Å²) in [7, 11) is 0. The van der Waals surface area contributed by atoms with Gasteiger partial charge in [0.15, 0.2) is 5.76 Å². The number of nitrogens with one attached hydrogen (secondary N) is 1. The minimum absolute atomic E-state index is 0.0221. The molecule has 8 heteroatoms. The largest absolute Gasteiger partial charge is 0.451 e. The first-order valence-electron chi connectivity index (χ1n) is 7.04. The quantitative estimate of drug-likeness (QED) is 0.486. The molecule has 0 spiro atoms. The summed E-state index contributed by atoms with van der Waals surface area (Å²) < 4.78 is 5.52. The molecule has 0 fully saturated rings. The van der Waals surface area contributed by atoms with Crippen molar-refractivity contribution >= 4 is 40.5 Å². The Bertz CT molecular complexity index is 931. The Morgan fingerprint density at radius 3 is 2.24 bits per heavy atom. The maximum Gasteiger partial charge on any atom is 0.291 e. The standard InChI is InChI=1S/C17H10Cl2N2O4/c18-11-7-12(19)9-13(8-11)20-17(22)16-6-5-15(25-16)10-1-3-14(4-2-10)21(23)24/h1-9H,(H,20,22). The molecule has 6 nitrogen and oxygen atoms in total. The number of halogens is 2. The SMILES string of the molecule is O=C(Nc1cc(Cl)cc(Cl)c1)c1ccc(-c2ccc([N+](=O)[O-])cc2)o1. The molecule has 2 aromatic carbocycles. The highest BCUT2D eigenvalue weighted by molar-refractivity contribution is 6.35. The normalized spacial score (nSPS) is 10.5. The number of amides is 1. The third-order valence-electron chi connectivity index (χ3n) is 3.31. The van der Waals surface area contributed by atoms with Crippen molar-refractivity contribution in [2.24, 2.45) is 0 Å². The average molecular weight is 377 g/mol. The summed E-state index contributed by atoms with van der Waals surface area (Å²) in [6, 6.07) is 13.6. The molecular weight excluding hydrogens is 367 g/mol. The molecule has 1 heterocycles. The Balaban J connectivity index is 1.78. The van der Waals surface area contributed by atoms with Crippen molar-refractivity contribution < 1.29 is 14.1 Å². The number of hydrogen-bond acceptors (Lipinski definition) is 4. The van der Waals surface area contributed by atoms with Gasteiger partial charge < -0.3 is 9.73 Å². The fourth-order valence-electron chi connectivity index (χ4n) is 2.18. The van der Waals surface area contributed by atoms with Crippen molar-refractivity contribution in [2.75, 3.05) is 5.32 Å². The number of benzene rings is 2.